The SMILES string of the molecule is CC[C@H](CN=Cc1c(CO)cnc(C)c1O)c1ccccc1. The molecule has 0 unspecified atom stereocenters. The van der Waals surface area contributed by atoms with E-state index in [2.05, 4.69) is 29.0 Å². The normalized spacial score (nSPS) is 12.7. The van der Waals surface area contributed by atoms with Crippen molar-refractivity contribution in [2.45, 2.75) is 32.8 Å². The molecule has 2 rings (SSSR count). The van der Waals surface area contributed by atoms with Gasteiger partial charge in [0.15, 0.2) is 0 Å². The number of nitrogens with zero attached hydrogens (tertiary/aromatic N) is 2. The van der Waals surface area contributed by atoms with E-state index in [-0.39, 0.29) is 12.4 Å². The maximum absolute atomic E-state index is 10.1. The standard InChI is InChI=1S/C18H22N2O2/c1-3-14(15-7-5-4-6-8-15)9-19-11-17-16(12-21)10-20-13(2)18(17)22/h4-8,10-11,14,21-22H,3,9,12H2,1-2H3/t14-/m1/s1. The monoisotopic (exact) mass is 298 g/mol. The van der Waals surface area contributed by atoms with Crippen LogP contribution in [-0.4, -0.2) is 28.0 Å². The van der Waals surface area contributed by atoms with Crippen molar-refractivity contribution in [1.82, 2.24) is 4.98 Å². The van der Waals surface area contributed by atoms with Gasteiger partial charge in [-0.1, -0.05) is 37.3 Å². The average Bonchev–Trinajstić information content (AvgIpc) is 2.56. The van der Waals surface area contributed by atoms with Crippen molar-refractivity contribution in [1.29, 1.82) is 0 Å². The van der Waals surface area contributed by atoms with Crippen molar-refractivity contribution in [3.05, 3.63) is 58.9 Å². The van der Waals surface area contributed by atoms with E-state index < -0.39 is 0 Å². The molecule has 1 atom stereocenters. The van der Waals surface area contributed by atoms with Crippen LogP contribution in [0.2, 0.25) is 0 Å². The third-order valence-electron chi connectivity index (χ3n) is 3.84. The molecular formula is C18H22N2O2. The highest BCUT2D eigenvalue weighted by molar-refractivity contribution is 5.85. The summed E-state index contributed by atoms with van der Waals surface area (Å²) in [5.74, 6) is 0.433. The van der Waals surface area contributed by atoms with Crippen LogP contribution in [0, 0.1) is 6.92 Å². The minimum atomic E-state index is -0.169. The van der Waals surface area contributed by atoms with E-state index in [1.54, 1.807) is 19.3 Å². The molecule has 0 radical (unpaired) electrons. The first-order chi connectivity index (χ1) is 10.7. The number of aromatic hydroxyl groups is 1. The molecule has 0 aliphatic carbocycles. The number of aliphatic hydroxyl groups is 1. The molecule has 1 aromatic carbocycles. The fourth-order valence-electron chi connectivity index (χ4n) is 2.39. The zero-order chi connectivity index (χ0) is 15.9. The summed E-state index contributed by atoms with van der Waals surface area (Å²) in [7, 11) is 0. The van der Waals surface area contributed by atoms with Gasteiger partial charge < -0.3 is 10.2 Å². The zero-order valence-electron chi connectivity index (χ0n) is 13.0. The van der Waals surface area contributed by atoms with E-state index in [4.69, 9.17) is 0 Å². The molecule has 0 saturated carbocycles. The van der Waals surface area contributed by atoms with Gasteiger partial charge in [-0.25, -0.2) is 0 Å². The highest BCUT2D eigenvalue weighted by atomic mass is 16.3. The minimum absolute atomic E-state index is 0.0862. The Labute approximate surface area is 131 Å². The Hall–Kier alpha value is -2.20. The van der Waals surface area contributed by atoms with Gasteiger partial charge in [-0.05, 0) is 18.9 Å². The molecule has 4 heteroatoms. The molecule has 0 aliphatic heterocycles. The fraction of sp³-hybridized carbons (Fsp3) is 0.333. The van der Waals surface area contributed by atoms with Crippen LogP contribution in [-0.2, 0) is 6.61 Å². The summed E-state index contributed by atoms with van der Waals surface area (Å²) < 4.78 is 0. The zero-order valence-corrected chi connectivity index (χ0v) is 13.0. The van der Waals surface area contributed by atoms with Crippen molar-refractivity contribution in [2.75, 3.05) is 6.54 Å². The van der Waals surface area contributed by atoms with Gasteiger partial charge in [0.2, 0.25) is 0 Å². The smallest absolute Gasteiger partial charge is 0.145 e. The lowest BCUT2D eigenvalue weighted by Gasteiger charge is -2.12. The molecule has 2 N–H and O–H groups in total. The van der Waals surface area contributed by atoms with Gasteiger partial charge >= 0.3 is 0 Å². The first-order valence-corrected chi connectivity index (χ1v) is 7.50. The van der Waals surface area contributed by atoms with Crippen LogP contribution in [0.4, 0.5) is 0 Å². The quantitative estimate of drug-likeness (QED) is 0.805. The van der Waals surface area contributed by atoms with E-state index in [1.165, 1.54) is 5.56 Å². The van der Waals surface area contributed by atoms with Gasteiger partial charge in [-0.3, -0.25) is 9.98 Å². The lowest BCUT2D eigenvalue weighted by Crippen LogP contribution is -2.03. The molecule has 2 aromatic rings. The van der Waals surface area contributed by atoms with Crippen LogP contribution in [0.1, 0.15) is 41.6 Å². The van der Waals surface area contributed by atoms with Crippen LogP contribution >= 0.6 is 0 Å². The number of aliphatic hydroxyl groups excluding tert-OH is 1. The van der Waals surface area contributed by atoms with E-state index in [0.717, 1.165) is 6.42 Å². The topological polar surface area (TPSA) is 65.7 Å². The van der Waals surface area contributed by atoms with Gasteiger partial charge in [0.05, 0.1) is 12.3 Å². The van der Waals surface area contributed by atoms with Crippen LogP contribution in [0.3, 0.4) is 0 Å². The van der Waals surface area contributed by atoms with Crippen molar-refractivity contribution >= 4 is 6.21 Å². The summed E-state index contributed by atoms with van der Waals surface area (Å²) in [5, 5.41) is 19.4. The molecule has 22 heavy (non-hydrogen) atoms. The second kappa shape index (κ2) is 7.71. The van der Waals surface area contributed by atoms with Crippen LogP contribution in [0.25, 0.3) is 0 Å². The van der Waals surface area contributed by atoms with Crippen molar-refractivity contribution in [3.63, 3.8) is 0 Å². The Morgan fingerprint density at radius 2 is 2.00 bits per heavy atom. The summed E-state index contributed by atoms with van der Waals surface area (Å²) in [4.78, 5) is 8.52. The third-order valence-corrected chi connectivity index (χ3v) is 3.84. The lowest BCUT2D eigenvalue weighted by atomic mass is 9.97. The molecule has 0 bridgehead atoms. The maximum Gasteiger partial charge on any atom is 0.145 e. The van der Waals surface area contributed by atoms with E-state index >= 15 is 0 Å². The molecule has 1 heterocycles. The molecule has 0 spiro atoms. The van der Waals surface area contributed by atoms with Crippen LogP contribution < -0.4 is 0 Å². The molecule has 0 amide bonds. The van der Waals surface area contributed by atoms with Crippen LogP contribution in [0.15, 0.2) is 41.5 Å². The van der Waals surface area contributed by atoms with E-state index in [1.807, 2.05) is 18.2 Å². The number of hydrogen-bond acceptors (Lipinski definition) is 4. The number of aromatic nitrogens is 1. The first kappa shape index (κ1) is 16.2. The van der Waals surface area contributed by atoms with Gasteiger partial charge in [0, 0.05) is 36.0 Å². The minimum Gasteiger partial charge on any atom is -0.505 e. The molecule has 0 aliphatic rings. The Kier molecular flexibility index (Phi) is 5.67. The predicted octanol–water partition coefficient (Wildman–Crippen LogP) is 3.20. The van der Waals surface area contributed by atoms with Gasteiger partial charge in [0.25, 0.3) is 0 Å². The molecule has 4 nitrogen and oxygen atoms in total. The Bertz CT molecular complexity index is 639. The van der Waals surface area contributed by atoms with Gasteiger partial charge in [-0.2, -0.15) is 0 Å². The average molecular weight is 298 g/mol. The maximum atomic E-state index is 10.1. The van der Waals surface area contributed by atoms with Crippen molar-refractivity contribution in [2.24, 2.45) is 4.99 Å². The highest BCUT2D eigenvalue weighted by Gasteiger charge is 2.10. The molecule has 0 fully saturated rings. The number of rotatable bonds is 6. The first-order valence-electron chi connectivity index (χ1n) is 7.50. The number of hydrogen-bond donors (Lipinski definition) is 2. The Morgan fingerprint density at radius 3 is 2.64 bits per heavy atom. The molecular weight excluding hydrogens is 276 g/mol. The van der Waals surface area contributed by atoms with Crippen LogP contribution in [0.5, 0.6) is 5.75 Å². The molecule has 0 saturated heterocycles. The number of pyridine rings is 1. The second-order valence-electron chi connectivity index (χ2n) is 5.30. The van der Waals surface area contributed by atoms with Gasteiger partial charge in [0.1, 0.15) is 5.75 Å². The summed E-state index contributed by atoms with van der Waals surface area (Å²) in [6.45, 7) is 4.34. The number of benzene rings is 1. The highest BCUT2D eigenvalue weighted by Crippen LogP contribution is 2.23. The predicted molar refractivity (Wildman–Crippen MR) is 88.5 cm³/mol. The molecule has 1 aromatic heterocycles. The molecule has 116 valence electrons. The summed E-state index contributed by atoms with van der Waals surface area (Å²) in [6, 6.07) is 10.3. The van der Waals surface area contributed by atoms with E-state index in [0.29, 0.717) is 29.3 Å². The summed E-state index contributed by atoms with van der Waals surface area (Å²) in [6.07, 6.45) is 4.21. The number of aryl methyl sites for hydroxylation is 1. The number of aliphatic imine (C=N–C) groups is 1. The second-order valence-corrected chi connectivity index (χ2v) is 5.30. The summed E-state index contributed by atoms with van der Waals surface area (Å²) in [5.41, 5.74) is 2.94. The Balaban J connectivity index is 2.17. The Morgan fingerprint density at radius 1 is 1.27 bits per heavy atom. The summed E-state index contributed by atoms with van der Waals surface area (Å²) >= 11 is 0. The van der Waals surface area contributed by atoms with Gasteiger partial charge in [-0.15, -0.1) is 0 Å². The van der Waals surface area contributed by atoms with Crippen molar-refractivity contribution < 1.29 is 10.2 Å². The largest absolute Gasteiger partial charge is 0.505 e. The van der Waals surface area contributed by atoms with E-state index in [9.17, 15) is 10.2 Å². The third kappa shape index (κ3) is 3.71. The van der Waals surface area contributed by atoms with Crippen molar-refractivity contribution in [3.8, 4) is 5.75 Å². The lowest BCUT2D eigenvalue weighted by molar-refractivity contribution is 0.280. The fourth-order valence-corrected chi connectivity index (χ4v) is 2.39.